The van der Waals surface area contributed by atoms with Crippen molar-refractivity contribution < 1.29 is 8.83 Å². The zero-order chi connectivity index (χ0) is 7.40. The lowest BCUT2D eigenvalue weighted by molar-refractivity contribution is 0.383. The zero-order valence-corrected chi connectivity index (χ0v) is 5.51. The summed E-state index contributed by atoms with van der Waals surface area (Å²) in [5.41, 5.74) is 0. The SMILES string of the molecule is CCC#Cc1coc(=O)o1. The minimum Gasteiger partial charge on any atom is -0.398 e. The summed E-state index contributed by atoms with van der Waals surface area (Å²) in [5.74, 6) is 4.92. The quantitative estimate of drug-likeness (QED) is 0.502. The summed E-state index contributed by atoms with van der Waals surface area (Å²) >= 11 is 0. The zero-order valence-electron chi connectivity index (χ0n) is 5.51. The highest BCUT2D eigenvalue weighted by Gasteiger charge is 1.93. The first-order valence-corrected chi connectivity index (χ1v) is 2.90. The van der Waals surface area contributed by atoms with Gasteiger partial charge in [-0.3, -0.25) is 0 Å². The molecule has 0 bridgehead atoms. The van der Waals surface area contributed by atoms with Crippen LogP contribution >= 0.6 is 0 Å². The maximum absolute atomic E-state index is 10.3. The van der Waals surface area contributed by atoms with E-state index in [1.807, 2.05) is 6.92 Å². The Kier molecular flexibility index (Phi) is 1.96. The van der Waals surface area contributed by atoms with Crippen molar-refractivity contribution in [3.63, 3.8) is 0 Å². The Morgan fingerprint density at radius 3 is 3.00 bits per heavy atom. The molecule has 0 aliphatic carbocycles. The van der Waals surface area contributed by atoms with Gasteiger partial charge in [0, 0.05) is 6.42 Å². The fourth-order valence-electron chi connectivity index (χ4n) is 0.470. The van der Waals surface area contributed by atoms with Gasteiger partial charge < -0.3 is 8.83 Å². The fraction of sp³-hybridized carbons (Fsp3) is 0.286. The van der Waals surface area contributed by atoms with Gasteiger partial charge in [0.15, 0.2) is 0 Å². The van der Waals surface area contributed by atoms with Crippen LogP contribution in [0.5, 0.6) is 0 Å². The van der Waals surface area contributed by atoms with Gasteiger partial charge in [0.1, 0.15) is 6.26 Å². The molecule has 3 heteroatoms. The van der Waals surface area contributed by atoms with Crippen LogP contribution < -0.4 is 5.82 Å². The first-order valence-electron chi connectivity index (χ1n) is 2.90. The molecule has 0 aliphatic heterocycles. The molecule has 0 fully saturated rings. The molecular formula is C7H6O3. The molecule has 0 atom stereocenters. The van der Waals surface area contributed by atoms with E-state index in [9.17, 15) is 4.79 Å². The molecule has 52 valence electrons. The van der Waals surface area contributed by atoms with Crippen LogP contribution in [0.4, 0.5) is 0 Å². The van der Waals surface area contributed by atoms with Crippen molar-refractivity contribution in [2.75, 3.05) is 0 Å². The summed E-state index contributed by atoms with van der Waals surface area (Å²) in [6.07, 6.45) is 1.93. The molecule has 1 heterocycles. The Bertz CT molecular complexity index is 307. The average Bonchev–Trinajstić information content (AvgIpc) is 2.31. The van der Waals surface area contributed by atoms with Crippen LogP contribution in [0, 0.1) is 11.8 Å². The predicted molar refractivity (Wildman–Crippen MR) is 34.4 cm³/mol. The predicted octanol–water partition coefficient (Wildman–Crippen LogP) is 0.994. The van der Waals surface area contributed by atoms with Gasteiger partial charge in [-0.05, 0) is 5.92 Å². The van der Waals surface area contributed by atoms with Gasteiger partial charge in [0.05, 0.1) is 0 Å². The second kappa shape index (κ2) is 2.92. The molecule has 1 rings (SSSR count). The second-order valence-electron chi connectivity index (χ2n) is 1.61. The minimum atomic E-state index is -0.708. The molecule has 0 saturated heterocycles. The summed E-state index contributed by atoms with van der Waals surface area (Å²) in [6, 6.07) is 0. The molecule has 0 spiro atoms. The van der Waals surface area contributed by atoms with Crippen molar-refractivity contribution in [1.82, 2.24) is 0 Å². The highest BCUT2D eigenvalue weighted by atomic mass is 16.6. The van der Waals surface area contributed by atoms with E-state index < -0.39 is 5.82 Å². The highest BCUT2D eigenvalue weighted by Crippen LogP contribution is 1.90. The van der Waals surface area contributed by atoms with Crippen LogP contribution in [-0.2, 0) is 0 Å². The van der Waals surface area contributed by atoms with E-state index in [0.717, 1.165) is 6.42 Å². The third kappa shape index (κ3) is 1.52. The summed E-state index contributed by atoms with van der Waals surface area (Å²) in [6.45, 7) is 1.91. The molecule has 0 saturated carbocycles. The number of rotatable bonds is 0. The van der Waals surface area contributed by atoms with E-state index in [-0.39, 0.29) is 5.76 Å². The average molecular weight is 138 g/mol. The standard InChI is InChI=1S/C7H6O3/c1-2-3-4-6-5-9-7(8)10-6/h5H,2H2,1H3. The van der Waals surface area contributed by atoms with E-state index in [4.69, 9.17) is 0 Å². The lowest BCUT2D eigenvalue weighted by atomic mass is 10.4. The number of hydrogen-bond donors (Lipinski definition) is 0. The maximum atomic E-state index is 10.3. The molecule has 0 amide bonds. The van der Waals surface area contributed by atoms with Gasteiger partial charge in [-0.15, -0.1) is 0 Å². The van der Waals surface area contributed by atoms with Crippen LogP contribution in [0.15, 0.2) is 19.9 Å². The molecule has 0 aliphatic rings. The van der Waals surface area contributed by atoms with Crippen LogP contribution in [0.3, 0.4) is 0 Å². The van der Waals surface area contributed by atoms with E-state index >= 15 is 0 Å². The van der Waals surface area contributed by atoms with Crippen molar-refractivity contribution in [2.45, 2.75) is 13.3 Å². The third-order valence-corrected chi connectivity index (χ3v) is 0.844. The maximum Gasteiger partial charge on any atom is 0.519 e. The Morgan fingerprint density at radius 1 is 1.70 bits per heavy atom. The summed E-state index contributed by atoms with van der Waals surface area (Å²) in [5, 5.41) is 0. The highest BCUT2D eigenvalue weighted by molar-refractivity contribution is 5.20. The topological polar surface area (TPSA) is 43.4 Å². The van der Waals surface area contributed by atoms with Crippen LogP contribution in [0.1, 0.15) is 19.1 Å². The molecule has 3 nitrogen and oxygen atoms in total. The molecule has 0 unspecified atom stereocenters. The largest absolute Gasteiger partial charge is 0.519 e. The summed E-state index contributed by atoms with van der Waals surface area (Å²) < 4.78 is 8.83. The van der Waals surface area contributed by atoms with Crippen molar-refractivity contribution in [2.24, 2.45) is 0 Å². The number of hydrogen-bond acceptors (Lipinski definition) is 3. The van der Waals surface area contributed by atoms with E-state index in [1.165, 1.54) is 6.26 Å². The normalized spacial score (nSPS) is 8.50. The van der Waals surface area contributed by atoms with E-state index in [0.29, 0.717) is 0 Å². The molecule has 1 aromatic rings. The Hall–Kier alpha value is -1.43. The first kappa shape index (κ1) is 6.69. The van der Waals surface area contributed by atoms with Gasteiger partial charge >= 0.3 is 5.82 Å². The van der Waals surface area contributed by atoms with E-state index in [2.05, 4.69) is 20.7 Å². The third-order valence-electron chi connectivity index (χ3n) is 0.844. The Balaban J connectivity index is 2.86. The molecule has 0 aromatic carbocycles. The lowest BCUT2D eigenvalue weighted by Crippen LogP contribution is -1.85. The van der Waals surface area contributed by atoms with Crippen molar-refractivity contribution >= 4 is 0 Å². The molecule has 1 aromatic heterocycles. The monoisotopic (exact) mass is 138 g/mol. The van der Waals surface area contributed by atoms with Gasteiger partial charge in [-0.1, -0.05) is 12.8 Å². The van der Waals surface area contributed by atoms with Crippen molar-refractivity contribution in [3.8, 4) is 11.8 Å². The van der Waals surface area contributed by atoms with Crippen LogP contribution in [-0.4, -0.2) is 0 Å². The van der Waals surface area contributed by atoms with Gasteiger partial charge in [0.2, 0.25) is 5.76 Å². The summed E-state index contributed by atoms with van der Waals surface area (Å²) in [4.78, 5) is 10.3. The van der Waals surface area contributed by atoms with Gasteiger partial charge in [-0.25, -0.2) is 4.79 Å². The van der Waals surface area contributed by atoms with Crippen molar-refractivity contribution in [3.05, 3.63) is 22.6 Å². The molecule has 10 heavy (non-hydrogen) atoms. The van der Waals surface area contributed by atoms with Crippen LogP contribution in [0.2, 0.25) is 0 Å². The molecular weight excluding hydrogens is 132 g/mol. The van der Waals surface area contributed by atoms with E-state index in [1.54, 1.807) is 0 Å². The minimum absolute atomic E-state index is 0.284. The van der Waals surface area contributed by atoms with Crippen molar-refractivity contribution in [1.29, 1.82) is 0 Å². The fourth-order valence-corrected chi connectivity index (χ4v) is 0.470. The van der Waals surface area contributed by atoms with Gasteiger partial charge in [-0.2, -0.15) is 0 Å². The second-order valence-corrected chi connectivity index (χ2v) is 1.61. The Morgan fingerprint density at radius 2 is 2.50 bits per heavy atom. The molecule has 0 radical (unpaired) electrons. The smallest absolute Gasteiger partial charge is 0.398 e. The first-order chi connectivity index (χ1) is 4.83. The van der Waals surface area contributed by atoms with Crippen LogP contribution in [0.25, 0.3) is 0 Å². The molecule has 0 N–H and O–H groups in total. The lowest BCUT2D eigenvalue weighted by Gasteiger charge is -1.69. The Labute approximate surface area is 57.7 Å². The summed E-state index contributed by atoms with van der Waals surface area (Å²) in [7, 11) is 0. The van der Waals surface area contributed by atoms with Gasteiger partial charge in [0.25, 0.3) is 0 Å².